The lowest BCUT2D eigenvalue weighted by molar-refractivity contribution is -0.195. The average molecular weight is 454 g/mol. The zero-order chi connectivity index (χ0) is 23.4. The maximum atomic E-state index is 12.4. The van der Waals surface area contributed by atoms with Gasteiger partial charge in [0.15, 0.2) is 0 Å². The van der Waals surface area contributed by atoms with Gasteiger partial charge in [-0.1, -0.05) is 54.6 Å². The molecule has 0 saturated carbocycles. The Morgan fingerprint density at radius 2 is 1.67 bits per heavy atom. The number of carbonyl (C=O) groups is 1. The van der Waals surface area contributed by atoms with Crippen LogP contribution in [0.4, 0.5) is 0 Å². The minimum Gasteiger partial charge on any atom is -0.461 e. The van der Waals surface area contributed by atoms with Gasteiger partial charge in [0.05, 0.1) is 19.1 Å². The van der Waals surface area contributed by atoms with Gasteiger partial charge in [0.25, 0.3) is 0 Å². The minimum atomic E-state index is -0.463. The average Bonchev–Trinajstić information content (AvgIpc) is 3.31. The number of nitrogens with zero attached hydrogens (tertiary/aromatic N) is 3. The highest BCUT2D eigenvalue weighted by Crippen LogP contribution is 2.38. The molecule has 0 unspecified atom stereocenters. The van der Waals surface area contributed by atoms with Gasteiger partial charge >= 0.3 is 5.97 Å². The van der Waals surface area contributed by atoms with Crippen molar-refractivity contribution in [3.8, 4) is 0 Å². The largest absolute Gasteiger partial charge is 0.461 e. The van der Waals surface area contributed by atoms with Gasteiger partial charge in [-0.05, 0) is 37.7 Å². The van der Waals surface area contributed by atoms with Crippen LogP contribution in [0, 0.1) is 5.92 Å². The van der Waals surface area contributed by atoms with Crippen molar-refractivity contribution in [2.24, 2.45) is 5.92 Å². The Labute approximate surface area is 196 Å². The van der Waals surface area contributed by atoms with Crippen molar-refractivity contribution < 1.29 is 19.5 Å². The number of aliphatic hydroxyl groups is 1. The number of aliphatic hydroxyl groups excluding tert-OH is 1. The van der Waals surface area contributed by atoms with Gasteiger partial charge < -0.3 is 14.7 Å². The summed E-state index contributed by atoms with van der Waals surface area (Å²) in [7, 11) is 4.19. The summed E-state index contributed by atoms with van der Waals surface area (Å²) in [6.07, 6.45) is -0.661. The Morgan fingerprint density at radius 3 is 2.39 bits per heavy atom. The third-order valence-corrected chi connectivity index (χ3v) is 6.49. The summed E-state index contributed by atoms with van der Waals surface area (Å²) in [4.78, 5) is 23.0. The van der Waals surface area contributed by atoms with Crippen LogP contribution in [-0.4, -0.2) is 78.0 Å². The smallest absolute Gasteiger partial charge is 0.326 e. The first-order valence-corrected chi connectivity index (χ1v) is 11.7. The zero-order valence-electron chi connectivity index (χ0n) is 19.8. The molecule has 0 amide bonds. The Balaban J connectivity index is 1.45. The van der Waals surface area contributed by atoms with Crippen LogP contribution in [-0.2, 0) is 34.0 Å². The fourth-order valence-corrected chi connectivity index (χ4v) is 4.82. The molecule has 4 rings (SSSR count). The first-order chi connectivity index (χ1) is 15.9. The minimum absolute atomic E-state index is 0.126. The molecule has 1 N–H and O–H groups in total. The van der Waals surface area contributed by atoms with Crippen molar-refractivity contribution in [2.75, 3.05) is 33.8 Å². The second-order valence-electron chi connectivity index (χ2n) is 9.39. The van der Waals surface area contributed by atoms with E-state index in [2.05, 4.69) is 72.4 Å². The third-order valence-electron chi connectivity index (χ3n) is 6.49. The molecule has 0 aliphatic carbocycles. The number of likely N-dealkylation sites (N-methyl/N-ethyl adjacent to an activating group) is 1. The van der Waals surface area contributed by atoms with Crippen LogP contribution in [0.25, 0.3) is 0 Å². The second kappa shape index (κ2) is 10.8. The highest BCUT2D eigenvalue weighted by atomic mass is 16.7. The predicted molar refractivity (Wildman–Crippen MR) is 126 cm³/mol. The molecule has 0 spiro atoms. The zero-order valence-corrected chi connectivity index (χ0v) is 19.8. The fraction of sp³-hybridized carbons (Fsp3) is 0.500. The molecular weight excluding hydrogens is 418 g/mol. The highest BCUT2D eigenvalue weighted by molar-refractivity contribution is 5.79. The van der Waals surface area contributed by atoms with E-state index in [-0.39, 0.29) is 24.6 Å². The number of hydroxylamine groups is 2. The van der Waals surface area contributed by atoms with Crippen molar-refractivity contribution in [3.05, 3.63) is 71.3 Å². The number of hydrogen-bond donors (Lipinski definition) is 1. The van der Waals surface area contributed by atoms with Gasteiger partial charge in [0.1, 0.15) is 18.2 Å². The fourth-order valence-electron chi connectivity index (χ4n) is 4.82. The van der Waals surface area contributed by atoms with E-state index in [1.54, 1.807) is 5.06 Å². The van der Waals surface area contributed by atoms with Crippen molar-refractivity contribution in [2.45, 2.75) is 44.8 Å². The van der Waals surface area contributed by atoms with E-state index in [4.69, 9.17) is 9.57 Å². The van der Waals surface area contributed by atoms with E-state index in [0.29, 0.717) is 6.54 Å². The molecule has 2 aliphatic rings. The molecule has 0 radical (unpaired) electrons. The summed E-state index contributed by atoms with van der Waals surface area (Å²) in [5.74, 6) is -0.407. The summed E-state index contributed by atoms with van der Waals surface area (Å²) in [5, 5.41) is 11.4. The van der Waals surface area contributed by atoms with Gasteiger partial charge in [-0.15, -0.1) is 0 Å². The molecule has 2 aromatic carbocycles. The molecule has 2 heterocycles. The normalized spacial score (nSPS) is 25.1. The molecule has 2 aliphatic heterocycles. The summed E-state index contributed by atoms with van der Waals surface area (Å²) >= 11 is 0. The lowest BCUT2D eigenvalue weighted by Crippen LogP contribution is -2.35. The number of carbonyl (C=O) groups excluding carboxylic acids is 1. The number of hydrogen-bond acceptors (Lipinski definition) is 7. The molecule has 7 nitrogen and oxygen atoms in total. The number of ether oxygens (including phenoxy) is 1. The van der Waals surface area contributed by atoms with Crippen LogP contribution in [0.1, 0.15) is 23.6 Å². The topological polar surface area (TPSA) is 65.5 Å². The number of cyclic esters (lactones) is 1. The quantitative estimate of drug-likeness (QED) is 0.554. The van der Waals surface area contributed by atoms with Crippen molar-refractivity contribution in [1.29, 1.82) is 0 Å². The van der Waals surface area contributed by atoms with E-state index in [1.807, 2.05) is 13.0 Å². The third kappa shape index (κ3) is 5.80. The molecule has 4 atom stereocenters. The lowest BCUT2D eigenvalue weighted by Gasteiger charge is -2.25. The molecule has 2 aromatic rings. The molecule has 2 saturated heterocycles. The Hall–Kier alpha value is -2.29. The van der Waals surface area contributed by atoms with Gasteiger partial charge in [0.2, 0.25) is 0 Å². The Bertz CT molecular complexity index is 923. The molecule has 0 bridgehead atoms. The summed E-state index contributed by atoms with van der Waals surface area (Å²) < 4.78 is 5.43. The van der Waals surface area contributed by atoms with E-state index < -0.39 is 12.1 Å². The van der Waals surface area contributed by atoms with Gasteiger partial charge in [-0.3, -0.25) is 14.5 Å². The molecule has 0 aromatic heterocycles. The summed E-state index contributed by atoms with van der Waals surface area (Å²) in [6.45, 7) is 5.89. The van der Waals surface area contributed by atoms with Crippen molar-refractivity contribution in [1.82, 2.24) is 14.9 Å². The van der Waals surface area contributed by atoms with Gasteiger partial charge in [0, 0.05) is 26.2 Å². The number of benzene rings is 2. The molecule has 2 fully saturated rings. The molecule has 178 valence electrons. The number of esters is 1. The van der Waals surface area contributed by atoms with Crippen LogP contribution >= 0.6 is 0 Å². The lowest BCUT2D eigenvalue weighted by atomic mass is 9.93. The standard InChI is InChI=1S/C26H35N3O4/c1-19-24-23(18-30)33-29(25(24)26(31)32-19)17-22-11-7-10-21(14-22)16-28(13-12-27(2)3)15-20-8-5-4-6-9-20/h4-11,14,19,23-25,30H,12-13,15-18H2,1-3H3/t19-,23-,24+,25-/m0/s1. The number of fused-ring (bicyclic) bond motifs is 1. The summed E-state index contributed by atoms with van der Waals surface area (Å²) in [5.41, 5.74) is 3.59. The first-order valence-electron chi connectivity index (χ1n) is 11.7. The SMILES string of the molecule is C[C@@H]1OC(=O)[C@@H]2[C@H]1[C@H](CO)ON2Cc1cccc(CN(CCN(C)C)Cc2ccccc2)c1. The second-order valence-corrected chi connectivity index (χ2v) is 9.39. The van der Waals surface area contributed by atoms with Crippen LogP contribution in [0.5, 0.6) is 0 Å². The molecular formula is C26H35N3O4. The van der Waals surface area contributed by atoms with Crippen LogP contribution in [0.2, 0.25) is 0 Å². The van der Waals surface area contributed by atoms with Crippen LogP contribution < -0.4 is 0 Å². The predicted octanol–water partition coefficient (Wildman–Crippen LogP) is 2.29. The van der Waals surface area contributed by atoms with E-state index in [0.717, 1.165) is 31.7 Å². The van der Waals surface area contributed by atoms with Crippen molar-refractivity contribution in [3.63, 3.8) is 0 Å². The van der Waals surface area contributed by atoms with E-state index in [9.17, 15) is 9.90 Å². The summed E-state index contributed by atoms with van der Waals surface area (Å²) in [6, 6.07) is 18.5. The monoisotopic (exact) mass is 453 g/mol. The van der Waals surface area contributed by atoms with Crippen LogP contribution in [0.15, 0.2) is 54.6 Å². The maximum Gasteiger partial charge on any atom is 0.326 e. The maximum absolute atomic E-state index is 12.4. The van der Waals surface area contributed by atoms with Crippen molar-refractivity contribution >= 4 is 5.97 Å². The van der Waals surface area contributed by atoms with Crippen LogP contribution in [0.3, 0.4) is 0 Å². The molecule has 33 heavy (non-hydrogen) atoms. The number of rotatable bonds is 10. The first kappa shape index (κ1) is 23.9. The van der Waals surface area contributed by atoms with E-state index in [1.165, 1.54) is 11.1 Å². The van der Waals surface area contributed by atoms with Gasteiger partial charge in [-0.2, -0.15) is 5.06 Å². The Kier molecular flexibility index (Phi) is 7.78. The highest BCUT2D eigenvalue weighted by Gasteiger charge is 2.56. The van der Waals surface area contributed by atoms with E-state index >= 15 is 0 Å². The Morgan fingerprint density at radius 1 is 0.970 bits per heavy atom. The molecule has 7 heteroatoms. The van der Waals surface area contributed by atoms with Gasteiger partial charge in [-0.25, -0.2) is 0 Å².